The van der Waals surface area contributed by atoms with Gasteiger partial charge in [-0.2, -0.15) is 4.68 Å². The molecule has 0 radical (unpaired) electrons. The van der Waals surface area contributed by atoms with Crippen molar-refractivity contribution in [3.63, 3.8) is 0 Å². The Bertz CT molecular complexity index is 589. The van der Waals surface area contributed by atoms with E-state index >= 15 is 0 Å². The van der Waals surface area contributed by atoms with Gasteiger partial charge >= 0.3 is 0 Å². The van der Waals surface area contributed by atoms with Gasteiger partial charge in [0.05, 0.1) is 5.69 Å². The van der Waals surface area contributed by atoms with Gasteiger partial charge in [0.1, 0.15) is 0 Å². The first kappa shape index (κ1) is 11.0. The normalized spacial score (nSPS) is 28.5. The molecule has 1 aromatic carbocycles. The number of fused-ring (bicyclic) bond motifs is 1. The average Bonchev–Trinajstić information content (AvgIpc) is 2.84. The van der Waals surface area contributed by atoms with Gasteiger partial charge in [-0.15, -0.1) is 0 Å². The molecule has 19 heavy (non-hydrogen) atoms. The zero-order valence-electron chi connectivity index (χ0n) is 11.0. The lowest BCUT2D eigenvalue weighted by atomic mass is 10.0. The van der Waals surface area contributed by atoms with E-state index in [0.717, 1.165) is 30.6 Å². The predicted molar refractivity (Wildman–Crippen MR) is 72.2 cm³/mol. The molecule has 0 bridgehead atoms. The lowest BCUT2D eigenvalue weighted by Gasteiger charge is -2.20. The molecule has 2 aromatic rings. The number of tetrazole rings is 1. The Balaban J connectivity index is 1.66. The summed E-state index contributed by atoms with van der Waals surface area (Å²) in [5.41, 5.74) is 1.57. The Morgan fingerprint density at radius 3 is 2.89 bits per heavy atom. The number of para-hydroxylation sites is 1. The third kappa shape index (κ3) is 1.57. The topological polar surface area (TPSA) is 46.8 Å². The lowest BCUT2D eigenvalue weighted by molar-refractivity contribution is 0.507. The summed E-state index contributed by atoms with van der Waals surface area (Å²) in [7, 11) is 0. The van der Waals surface area contributed by atoms with E-state index in [2.05, 4.69) is 27.3 Å². The van der Waals surface area contributed by atoms with Crippen LogP contribution in [0.3, 0.4) is 0 Å². The second-order valence-electron chi connectivity index (χ2n) is 5.72. The van der Waals surface area contributed by atoms with E-state index in [1.165, 1.54) is 12.8 Å². The Morgan fingerprint density at radius 2 is 2.16 bits per heavy atom. The van der Waals surface area contributed by atoms with Gasteiger partial charge < -0.3 is 4.90 Å². The van der Waals surface area contributed by atoms with Crippen molar-refractivity contribution in [3.8, 4) is 5.69 Å². The Morgan fingerprint density at radius 1 is 1.32 bits per heavy atom. The van der Waals surface area contributed by atoms with Crippen LogP contribution in [0, 0.1) is 11.3 Å². The van der Waals surface area contributed by atoms with Gasteiger partial charge in [0.25, 0.3) is 0 Å². The molecule has 2 unspecified atom stereocenters. The predicted octanol–water partition coefficient (Wildman–Crippen LogP) is 1.90. The first-order chi connectivity index (χ1) is 9.32. The van der Waals surface area contributed by atoms with Crippen molar-refractivity contribution in [1.82, 2.24) is 20.2 Å². The fraction of sp³-hybridized carbons (Fsp3) is 0.500. The maximum Gasteiger partial charge on any atom is 0.250 e. The summed E-state index contributed by atoms with van der Waals surface area (Å²) in [5.74, 6) is 1.73. The van der Waals surface area contributed by atoms with Crippen LogP contribution in [0.2, 0.25) is 0 Å². The van der Waals surface area contributed by atoms with Gasteiger partial charge in [-0.05, 0) is 46.7 Å². The second kappa shape index (κ2) is 3.79. The van der Waals surface area contributed by atoms with Crippen molar-refractivity contribution in [3.05, 3.63) is 30.3 Å². The Hall–Kier alpha value is -1.91. The molecule has 4 rings (SSSR count). The maximum absolute atomic E-state index is 4.22. The van der Waals surface area contributed by atoms with E-state index in [-0.39, 0.29) is 0 Å². The summed E-state index contributed by atoms with van der Waals surface area (Å²) in [6.45, 7) is 4.49. The SMILES string of the molecule is CCC12CC1CN(c1nnnn1-c1ccccc1)C2. The van der Waals surface area contributed by atoms with Crippen molar-refractivity contribution in [2.24, 2.45) is 11.3 Å². The van der Waals surface area contributed by atoms with Crippen LogP contribution >= 0.6 is 0 Å². The number of piperidine rings is 1. The molecule has 1 aliphatic carbocycles. The molecule has 1 aromatic heterocycles. The molecular formula is C14H17N5. The highest BCUT2D eigenvalue weighted by molar-refractivity contribution is 5.43. The van der Waals surface area contributed by atoms with Crippen LogP contribution in [0.15, 0.2) is 30.3 Å². The summed E-state index contributed by atoms with van der Waals surface area (Å²) in [6.07, 6.45) is 2.65. The molecule has 2 aliphatic rings. The van der Waals surface area contributed by atoms with Crippen molar-refractivity contribution < 1.29 is 0 Å². The molecule has 5 nitrogen and oxygen atoms in total. The monoisotopic (exact) mass is 255 g/mol. The second-order valence-corrected chi connectivity index (χ2v) is 5.72. The van der Waals surface area contributed by atoms with E-state index in [1.807, 2.05) is 35.0 Å². The molecule has 5 heteroatoms. The summed E-state index contributed by atoms with van der Waals surface area (Å²) >= 11 is 0. The van der Waals surface area contributed by atoms with E-state index in [0.29, 0.717) is 5.41 Å². The summed E-state index contributed by atoms with van der Waals surface area (Å²) in [4.78, 5) is 2.34. The molecule has 2 heterocycles. The fourth-order valence-electron chi connectivity index (χ4n) is 3.41. The summed E-state index contributed by atoms with van der Waals surface area (Å²) in [6, 6.07) is 10.1. The number of aromatic nitrogens is 4. The molecule has 0 amide bonds. The Kier molecular flexibility index (Phi) is 2.19. The fourth-order valence-corrected chi connectivity index (χ4v) is 3.41. The molecule has 1 aliphatic heterocycles. The van der Waals surface area contributed by atoms with E-state index < -0.39 is 0 Å². The largest absolute Gasteiger partial charge is 0.339 e. The van der Waals surface area contributed by atoms with Crippen LogP contribution in [-0.4, -0.2) is 33.3 Å². The minimum atomic E-state index is 0.549. The molecule has 2 fully saturated rings. The summed E-state index contributed by atoms with van der Waals surface area (Å²) in [5, 5.41) is 12.2. The van der Waals surface area contributed by atoms with E-state index in [1.54, 1.807) is 0 Å². The average molecular weight is 255 g/mol. The molecule has 98 valence electrons. The van der Waals surface area contributed by atoms with E-state index in [9.17, 15) is 0 Å². The number of hydrogen-bond donors (Lipinski definition) is 0. The van der Waals surface area contributed by atoms with Crippen LogP contribution in [0.1, 0.15) is 19.8 Å². The standard InChI is InChI=1S/C14H17N5/c1-2-14-8-11(14)9-18(10-14)13-15-16-17-19(13)12-6-4-3-5-7-12/h3-7,11H,2,8-10H2,1H3. The molecule has 1 saturated heterocycles. The minimum Gasteiger partial charge on any atom is -0.339 e. The quantitative estimate of drug-likeness (QED) is 0.840. The highest BCUT2D eigenvalue weighted by Crippen LogP contribution is 2.60. The zero-order valence-corrected chi connectivity index (χ0v) is 11.0. The smallest absolute Gasteiger partial charge is 0.250 e. The van der Waals surface area contributed by atoms with Gasteiger partial charge in [0, 0.05) is 13.1 Å². The molecule has 0 spiro atoms. The maximum atomic E-state index is 4.22. The molecule has 1 saturated carbocycles. The molecular weight excluding hydrogens is 238 g/mol. The number of rotatable bonds is 3. The first-order valence-corrected chi connectivity index (χ1v) is 6.91. The third-order valence-corrected chi connectivity index (χ3v) is 4.75. The lowest BCUT2D eigenvalue weighted by Crippen LogP contribution is -2.27. The van der Waals surface area contributed by atoms with Crippen LogP contribution in [0.4, 0.5) is 5.95 Å². The first-order valence-electron chi connectivity index (χ1n) is 6.91. The highest BCUT2D eigenvalue weighted by Gasteiger charge is 2.59. The Labute approximate surface area is 112 Å². The van der Waals surface area contributed by atoms with Crippen LogP contribution < -0.4 is 4.90 Å². The van der Waals surface area contributed by atoms with Crippen molar-refractivity contribution >= 4 is 5.95 Å². The van der Waals surface area contributed by atoms with Gasteiger partial charge in [0.2, 0.25) is 5.95 Å². The van der Waals surface area contributed by atoms with Crippen LogP contribution in [0.5, 0.6) is 0 Å². The summed E-state index contributed by atoms with van der Waals surface area (Å²) < 4.78 is 1.84. The number of nitrogens with zero attached hydrogens (tertiary/aromatic N) is 5. The van der Waals surface area contributed by atoms with Gasteiger partial charge in [-0.3, -0.25) is 0 Å². The van der Waals surface area contributed by atoms with Gasteiger partial charge in [-0.25, -0.2) is 0 Å². The van der Waals surface area contributed by atoms with Crippen molar-refractivity contribution in [2.75, 3.05) is 18.0 Å². The number of hydrogen-bond acceptors (Lipinski definition) is 4. The van der Waals surface area contributed by atoms with E-state index in [4.69, 9.17) is 0 Å². The minimum absolute atomic E-state index is 0.549. The van der Waals surface area contributed by atoms with Gasteiger partial charge in [0.15, 0.2) is 0 Å². The molecule has 2 atom stereocenters. The zero-order chi connectivity index (χ0) is 12.9. The highest BCUT2D eigenvalue weighted by atomic mass is 15.6. The van der Waals surface area contributed by atoms with Crippen molar-refractivity contribution in [2.45, 2.75) is 19.8 Å². The third-order valence-electron chi connectivity index (χ3n) is 4.75. The number of benzene rings is 1. The number of anilines is 1. The van der Waals surface area contributed by atoms with Crippen LogP contribution in [-0.2, 0) is 0 Å². The van der Waals surface area contributed by atoms with Crippen LogP contribution in [0.25, 0.3) is 5.69 Å². The molecule has 0 N–H and O–H groups in total. The van der Waals surface area contributed by atoms with Crippen molar-refractivity contribution in [1.29, 1.82) is 0 Å². The van der Waals surface area contributed by atoms with Gasteiger partial charge in [-0.1, -0.05) is 30.2 Å².